The molecular weight excluding hydrogens is 344 g/mol. The summed E-state index contributed by atoms with van der Waals surface area (Å²) in [4.78, 5) is 26.6. The van der Waals surface area contributed by atoms with E-state index in [1.54, 1.807) is 7.11 Å². The van der Waals surface area contributed by atoms with Crippen LogP contribution >= 0.6 is 0 Å². The van der Waals surface area contributed by atoms with Gasteiger partial charge in [0.2, 0.25) is 5.91 Å². The number of benzene rings is 2. The third-order valence-corrected chi connectivity index (χ3v) is 4.83. The third-order valence-electron chi connectivity index (χ3n) is 4.83. The maximum Gasteiger partial charge on any atom is 0.323 e. The Balaban J connectivity index is 1.67. The van der Waals surface area contributed by atoms with Gasteiger partial charge >= 0.3 is 5.97 Å². The minimum atomic E-state index is -0.457. The number of carbonyl (C=O) groups is 2. The summed E-state index contributed by atoms with van der Waals surface area (Å²) in [5.74, 6) is 0.272. The summed E-state index contributed by atoms with van der Waals surface area (Å²) < 4.78 is 10.3. The highest BCUT2D eigenvalue weighted by Gasteiger charge is 2.33. The van der Waals surface area contributed by atoms with Gasteiger partial charge in [-0.3, -0.25) is 14.5 Å². The molecule has 3 rings (SSSR count). The van der Waals surface area contributed by atoms with Gasteiger partial charge in [-0.2, -0.15) is 0 Å². The van der Waals surface area contributed by atoms with Gasteiger partial charge in [-0.25, -0.2) is 0 Å². The van der Waals surface area contributed by atoms with Crippen molar-refractivity contribution in [3.05, 3.63) is 65.2 Å². The summed E-state index contributed by atoms with van der Waals surface area (Å²) in [7, 11) is 2.98. The summed E-state index contributed by atoms with van der Waals surface area (Å²) in [6.45, 7) is 1.04. The summed E-state index contributed by atoms with van der Waals surface area (Å²) in [5.41, 5.74) is 3.16. The van der Waals surface area contributed by atoms with Gasteiger partial charge in [0, 0.05) is 18.7 Å². The average Bonchev–Trinajstić information content (AvgIpc) is 2.71. The van der Waals surface area contributed by atoms with E-state index in [4.69, 9.17) is 9.47 Å². The summed E-state index contributed by atoms with van der Waals surface area (Å²) >= 11 is 0. The SMILES string of the molecule is COC(=O)[C@H]1Cc2ccccc2CN1CC(=O)NCc1ccccc1OC. The summed E-state index contributed by atoms with van der Waals surface area (Å²) in [6, 6.07) is 15.1. The van der Waals surface area contributed by atoms with E-state index in [9.17, 15) is 9.59 Å². The minimum Gasteiger partial charge on any atom is -0.496 e. The quantitative estimate of drug-likeness (QED) is 0.789. The van der Waals surface area contributed by atoms with Crippen LogP contribution in [0.3, 0.4) is 0 Å². The number of nitrogens with one attached hydrogen (secondary N) is 1. The number of carbonyl (C=O) groups excluding carboxylic acids is 2. The topological polar surface area (TPSA) is 67.9 Å². The Labute approximate surface area is 159 Å². The van der Waals surface area contributed by atoms with E-state index in [0.29, 0.717) is 19.5 Å². The van der Waals surface area contributed by atoms with E-state index < -0.39 is 6.04 Å². The van der Waals surface area contributed by atoms with E-state index in [-0.39, 0.29) is 18.4 Å². The molecule has 0 unspecified atom stereocenters. The standard InChI is InChI=1S/C21H24N2O4/c1-26-19-10-6-5-8-16(19)12-22-20(24)14-23-13-17-9-4-3-7-15(17)11-18(23)21(25)27-2/h3-10,18H,11-14H2,1-2H3,(H,22,24)/t18-/m1/s1. The van der Waals surface area contributed by atoms with Crippen molar-refractivity contribution in [1.82, 2.24) is 10.2 Å². The first-order chi connectivity index (χ1) is 13.1. The van der Waals surface area contributed by atoms with Gasteiger partial charge in [0.05, 0.1) is 20.8 Å². The van der Waals surface area contributed by atoms with Crippen molar-refractivity contribution in [3.63, 3.8) is 0 Å². The van der Waals surface area contributed by atoms with Gasteiger partial charge in [0.25, 0.3) is 0 Å². The van der Waals surface area contributed by atoms with Crippen LogP contribution in [0, 0.1) is 0 Å². The molecule has 1 aliphatic rings. The Hall–Kier alpha value is -2.86. The molecule has 0 fully saturated rings. The maximum absolute atomic E-state index is 12.5. The zero-order valence-corrected chi connectivity index (χ0v) is 15.6. The number of esters is 1. The lowest BCUT2D eigenvalue weighted by molar-refractivity contribution is -0.148. The molecule has 0 saturated heterocycles. The maximum atomic E-state index is 12.5. The van der Waals surface area contributed by atoms with Crippen molar-refractivity contribution in [3.8, 4) is 5.75 Å². The highest BCUT2D eigenvalue weighted by molar-refractivity contribution is 5.81. The molecule has 2 aromatic carbocycles. The summed E-state index contributed by atoms with van der Waals surface area (Å²) in [5, 5.41) is 2.91. The van der Waals surface area contributed by atoms with Gasteiger partial charge in [-0.1, -0.05) is 42.5 Å². The van der Waals surface area contributed by atoms with Crippen LogP contribution in [0.25, 0.3) is 0 Å². The molecule has 0 aromatic heterocycles. The fraction of sp³-hybridized carbons (Fsp3) is 0.333. The zero-order chi connectivity index (χ0) is 19.2. The fourth-order valence-electron chi connectivity index (χ4n) is 3.39. The molecule has 1 heterocycles. The van der Waals surface area contributed by atoms with Crippen molar-refractivity contribution >= 4 is 11.9 Å². The van der Waals surface area contributed by atoms with E-state index in [2.05, 4.69) is 5.32 Å². The Morgan fingerprint density at radius 1 is 1.07 bits per heavy atom. The number of methoxy groups -OCH3 is 2. The number of nitrogens with zero attached hydrogens (tertiary/aromatic N) is 1. The van der Waals surface area contributed by atoms with Gasteiger partial charge in [-0.15, -0.1) is 0 Å². The first-order valence-corrected chi connectivity index (χ1v) is 8.89. The molecule has 0 saturated carbocycles. The van der Waals surface area contributed by atoms with E-state index in [1.165, 1.54) is 7.11 Å². The molecule has 6 heteroatoms. The van der Waals surface area contributed by atoms with Crippen LogP contribution in [0.1, 0.15) is 16.7 Å². The summed E-state index contributed by atoms with van der Waals surface area (Å²) in [6.07, 6.45) is 0.544. The first kappa shape index (κ1) is 18.9. The second-order valence-electron chi connectivity index (χ2n) is 6.51. The Morgan fingerprint density at radius 2 is 1.78 bits per heavy atom. The highest BCUT2D eigenvalue weighted by Crippen LogP contribution is 2.24. The van der Waals surface area contributed by atoms with Crippen molar-refractivity contribution in [1.29, 1.82) is 0 Å². The predicted octanol–water partition coefficient (Wildman–Crippen LogP) is 1.91. The molecule has 142 valence electrons. The molecule has 1 N–H and O–H groups in total. The number of hydrogen-bond donors (Lipinski definition) is 1. The smallest absolute Gasteiger partial charge is 0.323 e. The average molecular weight is 368 g/mol. The second kappa shape index (κ2) is 8.68. The number of amides is 1. The number of hydrogen-bond acceptors (Lipinski definition) is 5. The van der Waals surface area contributed by atoms with Crippen LogP contribution in [0.2, 0.25) is 0 Å². The predicted molar refractivity (Wildman–Crippen MR) is 101 cm³/mol. The van der Waals surface area contributed by atoms with Crippen LogP contribution in [0.15, 0.2) is 48.5 Å². The normalized spacial score (nSPS) is 16.3. The Morgan fingerprint density at radius 3 is 2.52 bits per heavy atom. The molecule has 0 aliphatic carbocycles. The van der Waals surface area contributed by atoms with Crippen molar-refractivity contribution in [2.75, 3.05) is 20.8 Å². The van der Waals surface area contributed by atoms with Gasteiger partial charge in [0.1, 0.15) is 11.8 Å². The molecule has 0 radical (unpaired) electrons. The van der Waals surface area contributed by atoms with E-state index in [0.717, 1.165) is 22.4 Å². The van der Waals surface area contributed by atoms with Crippen LogP contribution in [0.5, 0.6) is 5.75 Å². The van der Waals surface area contributed by atoms with Crippen LogP contribution in [0.4, 0.5) is 0 Å². The molecule has 1 amide bonds. The Bertz CT molecular complexity index is 821. The third kappa shape index (κ3) is 4.46. The highest BCUT2D eigenvalue weighted by atomic mass is 16.5. The van der Waals surface area contributed by atoms with Crippen molar-refractivity contribution in [2.24, 2.45) is 0 Å². The van der Waals surface area contributed by atoms with E-state index in [1.807, 2.05) is 53.4 Å². The second-order valence-corrected chi connectivity index (χ2v) is 6.51. The number of ether oxygens (including phenoxy) is 2. The molecule has 27 heavy (non-hydrogen) atoms. The molecule has 1 atom stereocenters. The largest absolute Gasteiger partial charge is 0.496 e. The van der Waals surface area contributed by atoms with Crippen LogP contribution < -0.4 is 10.1 Å². The lowest BCUT2D eigenvalue weighted by Gasteiger charge is -2.34. The molecule has 2 aromatic rings. The monoisotopic (exact) mass is 368 g/mol. The molecule has 0 bridgehead atoms. The van der Waals surface area contributed by atoms with Crippen molar-refractivity contribution < 1.29 is 19.1 Å². The lowest BCUT2D eigenvalue weighted by atomic mass is 9.94. The zero-order valence-electron chi connectivity index (χ0n) is 15.6. The van der Waals surface area contributed by atoms with Gasteiger partial charge in [-0.05, 0) is 23.6 Å². The fourth-order valence-corrected chi connectivity index (χ4v) is 3.39. The molecular formula is C21H24N2O4. The van der Waals surface area contributed by atoms with E-state index >= 15 is 0 Å². The van der Waals surface area contributed by atoms with Gasteiger partial charge < -0.3 is 14.8 Å². The van der Waals surface area contributed by atoms with Gasteiger partial charge in [0.15, 0.2) is 0 Å². The first-order valence-electron chi connectivity index (χ1n) is 8.89. The molecule has 6 nitrogen and oxygen atoms in total. The minimum absolute atomic E-state index is 0.128. The number of rotatable bonds is 6. The van der Waals surface area contributed by atoms with Crippen molar-refractivity contribution in [2.45, 2.75) is 25.6 Å². The Kier molecular flexibility index (Phi) is 6.08. The number of para-hydroxylation sites is 1. The molecule has 1 aliphatic heterocycles. The van der Waals surface area contributed by atoms with Crippen LogP contribution in [-0.4, -0.2) is 43.6 Å². The lowest BCUT2D eigenvalue weighted by Crippen LogP contribution is -2.49. The molecule has 0 spiro atoms. The van der Waals surface area contributed by atoms with Crippen LogP contribution in [-0.2, 0) is 33.8 Å². The number of fused-ring (bicyclic) bond motifs is 1.